The van der Waals surface area contributed by atoms with Gasteiger partial charge in [0.05, 0.1) is 67.2 Å². The molecule has 0 unspecified atom stereocenters. The predicted octanol–water partition coefficient (Wildman–Crippen LogP) is 10.5. The van der Waals surface area contributed by atoms with E-state index in [4.69, 9.17) is 42.7 Å². The molecular formula is C71H83N9O16S3. The topological polar surface area (TPSA) is 292 Å². The third-order valence-corrected chi connectivity index (χ3v) is 22.4. The van der Waals surface area contributed by atoms with Crippen LogP contribution in [0.1, 0.15) is 92.2 Å². The van der Waals surface area contributed by atoms with E-state index in [0.29, 0.717) is 24.3 Å². The number of benzene rings is 6. The molecule has 9 aromatic rings. The number of hydrogen-bond acceptors (Lipinski definition) is 19. The van der Waals surface area contributed by atoms with Crippen molar-refractivity contribution < 1.29 is 72.8 Å². The summed E-state index contributed by atoms with van der Waals surface area (Å²) in [5.74, 6) is 3.90. The summed E-state index contributed by atoms with van der Waals surface area (Å²) in [5.41, 5.74) is 3.92. The van der Waals surface area contributed by atoms with E-state index in [9.17, 15) is 30.0 Å². The van der Waals surface area contributed by atoms with Gasteiger partial charge < -0.3 is 33.2 Å². The van der Waals surface area contributed by atoms with E-state index in [-0.39, 0.29) is 78.6 Å². The SMILES string of the molecule is CCC1(n2nccc2S(=O)(=O)N(Cc2ccc(OC)cc2)Cc2ccc(OC)cc2)CCC1.CCOC(=O)C1(n2ccc(S(=O)(=O)N(Cc3ccc(OC)cc3)Cc3ccc(OC)cc3)n2)CCC1.COc1ccc(CN(Cc2ccc(OC)cc2)S(=O)(=O)c2ccn[nH]2)cc1.O=C=O. The highest BCUT2D eigenvalue weighted by molar-refractivity contribution is 7.89. The van der Waals surface area contributed by atoms with Crippen molar-refractivity contribution in [3.05, 3.63) is 216 Å². The van der Waals surface area contributed by atoms with Gasteiger partial charge in [-0.15, -0.1) is 0 Å². The molecule has 2 aliphatic rings. The largest absolute Gasteiger partial charge is 0.497 e. The Bertz CT molecular complexity index is 4240. The van der Waals surface area contributed by atoms with Crippen molar-refractivity contribution >= 4 is 42.2 Å². The molecule has 3 heterocycles. The second-order valence-corrected chi connectivity index (χ2v) is 28.8. The lowest BCUT2D eigenvalue weighted by atomic mass is 9.75. The van der Waals surface area contributed by atoms with Gasteiger partial charge in [0.15, 0.2) is 20.6 Å². The number of nitrogens with zero attached hydrogens (tertiary/aromatic N) is 8. The van der Waals surface area contributed by atoms with Gasteiger partial charge in [-0.25, -0.2) is 34.7 Å². The van der Waals surface area contributed by atoms with Crippen LogP contribution in [0.4, 0.5) is 0 Å². The quantitative estimate of drug-likeness (QED) is 0.0426. The number of carbonyl (C=O) groups excluding carboxylic acids is 3. The zero-order valence-corrected chi connectivity index (χ0v) is 59.0. The van der Waals surface area contributed by atoms with Gasteiger partial charge in [-0.1, -0.05) is 79.7 Å². The van der Waals surface area contributed by atoms with Crippen LogP contribution < -0.4 is 28.4 Å². The highest BCUT2D eigenvalue weighted by atomic mass is 32.2. The van der Waals surface area contributed by atoms with Crippen LogP contribution in [0.15, 0.2) is 197 Å². The zero-order valence-electron chi connectivity index (χ0n) is 56.6. The van der Waals surface area contributed by atoms with Gasteiger partial charge in [-0.2, -0.15) is 37.8 Å². The Morgan fingerprint density at radius 2 is 0.818 bits per heavy atom. The van der Waals surface area contributed by atoms with Crippen molar-refractivity contribution in [1.82, 2.24) is 42.7 Å². The second kappa shape index (κ2) is 34.7. The Morgan fingerprint density at radius 3 is 1.10 bits per heavy atom. The van der Waals surface area contributed by atoms with E-state index >= 15 is 0 Å². The number of methoxy groups -OCH3 is 6. The number of aromatic amines is 1. The number of rotatable bonds is 29. The maximum atomic E-state index is 14.0. The fraction of sp³-hybridized carbons (Fsp3) is 0.338. The number of esters is 1. The minimum atomic E-state index is -4.00. The summed E-state index contributed by atoms with van der Waals surface area (Å²) in [6, 6.07) is 48.6. The van der Waals surface area contributed by atoms with Gasteiger partial charge in [0.2, 0.25) is 0 Å². The summed E-state index contributed by atoms with van der Waals surface area (Å²) in [7, 11) is -1.98. The van der Waals surface area contributed by atoms with Crippen LogP contribution in [0.2, 0.25) is 0 Å². The maximum absolute atomic E-state index is 14.0. The third-order valence-electron chi connectivity index (χ3n) is 17.2. The van der Waals surface area contributed by atoms with E-state index in [1.54, 1.807) is 97.0 Å². The number of carbonyl (C=O) groups is 1. The van der Waals surface area contributed by atoms with Crippen molar-refractivity contribution in [2.24, 2.45) is 0 Å². The molecule has 99 heavy (non-hydrogen) atoms. The first kappa shape index (κ1) is 75.1. The van der Waals surface area contributed by atoms with Crippen LogP contribution >= 0.6 is 0 Å². The summed E-state index contributed by atoms with van der Waals surface area (Å²) in [5, 5.41) is 15.4. The minimum Gasteiger partial charge on any atom is -0.497 e. The summed E-state index contributed by atoms with van der Waals surface area (Å²) >= 11 is 0. The van der Waals surface area contributed by atoms with Crippen molar-refractivity contribution in [2.75, 3.05) is 49.3 Å². The lowest BCUT2D eigenvalue weighted by Crippen LogP contribution is -2.49. The minimum absolute atomic E-state index is 0.0597. The van der Waals surface area contributed by atoms with E-state index < -0.39 is 35.6 Å². The van der Waals surface area contributed by atoms with Crippen molar-refractivity contribution in [3.63, 3.8) is 0 Å². The summed E-state index contributed by atoms with van der Waals surface area (Å²) in [6.07, 6.45) is 10.7. The molecule has 0 radical (unpaired) electrons. The monoisotopic (exact) mass is 1410 g/mol. The maximum Gasteiger partial charge on any atom is 0.373 e. The van der Waals surface area contributed by atoms with Gasteiger partial charge in [-0.3, -0.25) is 9.78 Å². The normalized spacial score (nSPS) is 13.7. The summed E-state index contributed by atoms with van der Waals surface area (Å²) in [4.78, 5) is 28.9. The molecule has 2 saturated carbocycles. The Kier molecular flexibility index (Phi) is 26.3. The molecule has 2 fully saturated rings. The molecule has 2 aliphatic carbocycles. The molecule has 28 heteroatoms. The van der Waals surface area contributed by atoms with E-state index in [0.717, 1.165) is 88.5 Å². The van der Waals surface area contributed by atoms with Crippen LogP contribution in [0, 0.1) is 0 Å². The summed E-state index contributed by atoms with van der Waals surface area (Å²) < 4.78 is 126. The highest BCUT2D eigenvalue weighted by Crippen LogP contribution is 2.44. The first-order valence-electron chi connectivity index (χ1n) is 31.7. The first-order chi connectivity index (χ1) is 47.7. The van der Waals surface area contributed by atoms with Crippen molar-refractivity contribution in [2.45, 2.75) is 124 Å². The Hall–Kier alpha value is -9.67. The Morgan fingerprint density at radius 1 is 0.475 bits per heavy atom. The number of sulfonamides is 3. The molecule has 6 aromatic carbocycles. The van der Waals surface area contributed by atoms with Crippen LogP contribution in [-0.2, 0) is 99.5 Å². The fourth-order valence-corrected chi connectivity index (χ4v) is 15.4. The van der Waals surface area contributed by atoms with Crippen molar-refractivity contribution in [1.29, 1.82) is 0 Å². The molecule has 0 amide bonds. The second-order valence-electron chi connectivity index (χ2n) is 23.1. The van der Waals surface area contributed by atoms with Crippen LogP contribution in [-0.4, -0.2) is 129 Å². The molecule has 0 spiro atoms. The number of nitrogens with one attached hydrogen (secondary N) is 1. The summed E-state index contributed by atoms with van der Waals surface area (Å²) in [6.45, 7) is 5.29. The number of aromatic nitrogens is 6. The van der Waals surface area contributed by atoms with Crippen molar-refractivity contribution in [3.8, 4) is 34.5 Å². The standard InChI is InChI=1S/C26H31N3O6S.C25H31N3O4S.C19H21N3O4S.CO2/c1-4-35-25(30)26(15-5-16-26)29-17-14-24(27-29)36(31,32)28(18-20-6-10-22(33-2)11-7-20)19-21-8-12-23(34-3)13-9-21;1-4-25(15-5-16-25)28-24(14-17-26-28)33(29,30)27(18-20-6-10-22(31-2)11-7-20)19-21-8-12-23(32-3)13-9-21;1-25-17-7-3-15(4-8-17)13-22(27(23,24)19-11-12-20-21-19)14-16-5-9-18(26-2)10-6-16;2-1-3/h6-14,17H,4-5,15-16,18-19H2,1-3H3;6-14,17H,4-5,15-16,18-19H2,1-3H3;3-12H,13-14H2,1-2H3,(H,20,21);. The highest BCUT2D eigenvalue weighted by Gasteiger charge is 2.49. The first-order valence-corrected chi connectivity index (χ1v) is 36.0. The van der Waals surface area contributed by atoms with Gasteiger partial charge in [-0.05, 0) is 176 Å². The van der Waals surface area contributed by atoms with Crippen LogP contribution in [0.5, 0.6) is 34.5 Å². The molecule has 526 valence electrons. The molecule has 3 aromatic heterocycles. The fourth-order valence-electron chi connectivity index (χ4n) is 11.2. The molecular weight excluding hydrogens is 1330 g/mol. The van der Waals surface area contributed by atoms with Gasteiger partial charge in [0.25, 0.3) is 30.1 Å². The van der Waals surface area contributed by atoms with Crippen LogP contribution in [0.3, 0.4) is 0 Å². The smallest absolute Gasteiger partial charge is 0.373 e. The molecule has 25 nitrogen and oxygen atoms in total. The molecule has 0 bridgehead atoms. The average molecular weight is 1410 g/mol. The zero-order chi connectivity index (χ0) is 71.2. The van der Waals surface area contributed by atoms with E-state index in [1.807, 2.05) is 121 Å². The molecule has 1 N–H and O–H groups in total. The van der Waals surface area contributed by atoms with E-state index in [2.05, 4.69) is 27.3 Å². The molecule has 0 aliphatic heterocycles. The third kappa shape index (κ3) is 18.6. The Labute approximate surface area is 578 Å². The average Bonchev–Trinajstić information content (AvgIpc) is 1.71. The van der Waals surface area contributed by atoms with E-state index in [1.165, 1.54) is 35.9 Å². The number of hydrogen-bond donors (Lipinski definition) is 1. The van der Waals surface area contributed by atoms with Gasteiger partial charge in [0.1, 0.15) is 34.5 Å². The van der Waals surface area contributed by atoms with Gasteiger partial charge >= 0.3 is 12.1 Å². The van der Waals surface area contributed by atoms with Crippen LogP contribution in [0.25, 0.3) is 0 Å². The lowest BCUT2D eigenvalue weighted by molar-refractivity contribution is -0.191. The molecule has 0 atom stereocenters. The lowest BCUT2D eigenvalue weighted by Gasteiger charge is -2.42. The molecule has 0 saturated heterocycles. The van der Waals surface area contributed by atoms with Gasteiger partial charge in [0, 0.05) is 45.5 Å². The Balaban J connectivity index is 0.000000187. The predicted molar refractivity (Wildman–Crippen MR) is 366 cm³/mol. The number of H-pyrrole nitrogens is 1. The molecule has 11 rings (SSSR count). The number of ether oxygens (including phenoxy) is 7.